The lowest BCUT2D eigenvalue weighted by Gasteiger charge is -2.30. The average molecular weight is 831 g/mol. The molecule has 2 saturated heterocycles. The predicted octanol–water partition coefficient (Wildman–Crippen LogP) is 5.64. The normalized spacial score (nSPS) is 18.1. The van der Waals surface area contributed by atoms with Crippen LogP contribution in [0.1, 0.15) is 77.1 Å². The van der Waals surface area contributed by atoms with Gasteiger partial charge in [-0.25, -0.2) is 29.5 Å². The van der Waals surface area contributed by atoms with E-state index in [1.54, 1.807) is 22.2 Å². The number of aromatic amines is 2. The number of aromatic nitrogens is 8. The number of nitrogens with zero attached hydrogens (tertiary/aromatic N) is 8. The Hall–Kier alpha value is -5.76. The highest BCUT2D eigenvalue weighted by Gasteiger charge is 2.39. The number of fused-ring (bicyclic) bond motifs is 2. The summed E-state index contributed by atoms with van der Waals surface area (Å²) >= 11 is 3.05. The Labute approximate surface area is 341 Å². The van der Waals surface area contributed by atoms with Gasteiger partial charge in [-0.15, -0.1) is 0 Å². The summed E-state index contributed by atoms with van der Waals surface area (Å²) in [5.74, 6) is 0.884. The number of carbonyl (C=O) groups excluding carboxylic acids is 4. The molecule has 306 valence electrons. The maximum Gasteiger partial charge on any atom is 0.407 e. The van der Waals surface area contributed by atoms with E-state index in [2.05, 4.69) is 30.6 Å². The van der Waals surface area contributed by atoms with Crippen molar-refractivity contribution in [1.29, 1.82) is 0 Å². The molecule has 4 amide bonds. The highest BCUT2D eigenvalue weighted by Crippen LogP contribution is 2.37. The first kappa shape index (κ1) is 39.1. The van der Waals surface area contributed by atoms with E-state index in [4.69, 9.17) is 19.4 Å². The zero-order valence-electron chi connectivity index (χ0n) is 33.0. The predicted molar refractivity (Wildman–Crippen MR) is 216 cm³/mol. The molecule has 4 N–H and O–H groups in total. The van der Waals surface area contributed by atoms with Gasteiger partial charge in [0, 0.05) is 37.9 Å². The molecule has 0 bridgehead atoms. The zero-order chi connectivity index (χ0) is 40.8. The minimum Gasteiger partial charge on any atom is -0.453 e. The van der Waals surface area contributed by atoms with Crippen LogP contribution in [-0.2, 0) is 19.1 Å². The van der Waals surface area contributed by atoms with E-state index in [1.165, 1.54) is 36.9 Å². The molecule has 1 unspecified atom stereocenters. The van der Waals surface area contributed by atoms with Crippen molar-refractivity contribution in [3.63, 3.8) is 0 Å². The van der Waals surface area contributed by atoms with Gasteiger partial charge in [-0.05, 0) is 37.5 Å². The first-order chi connectivity index (χ1) is 27.9. The Morgan fingerprint density at radius 3 is 1.47 bits per heavy atom. The summed E-state index contributed by atoms with van der Waals surface area (Å²) in [5.41, 5.74) is 3.16. The SMILES string of the molecule is COC(=O)N[C@H](C(=O)N1CCCC1c1ncc(-c2cn3cc(-c4cn5cc(-c6cnc([C@@H]7CCCN7C(=O)[C@@H](NC(=O)OC)C(C)C)[nH]6)sc5n4)nc3s2)[nH]1)C(C)C. The molecule has 58 heavy (non-hydrogen) atoms. The molecular formula is C38H46N12O6S2. The van der Waals surface area contributed by atoms with Crippen LogP contribution in [0.2, 0.25) is 0 Å². The number of likely N-dealkylation sites (tertiary alicyclic amines) is 2. The van der Waals surface area contributed by atoms with E-state index in [9.17, 15) is 19.2 Å². The van der Waals surface area contributed by atoms with Crippen molar-refractivity contribution in [1.82, 2.24) is 59.1 Å². The lowest BCUT2D eigenvalue weighted by atomic mass is 10.0. The minimum absolute atomic E-state index is 0.114. The largest absolute Gasteiger partial charge is 0.453 e. The van der Waals surface area contributed by atoms with Gasteiger partial charge in [-0.2, -0.15) is 0 Å². The number of thiazole rings is 2. The van der Waals surface area contributed by atoms with Gasteiger partial charge in [-0.3, -0.25) is 18.4 Å². The molecule has 8 heterocycles. The lowest BCUT2D eigenvalue weighted by molar-refractivity contribution is -0.136. The number of carbonyl (C=O) groups is 4. The van der Waals surface area contributed by atoms with E-state index < -0.39 is 24.3 Å². The van der Waals surface area contributed by atoms with Crippen molar-refractivity contribution >= 4 is 56.6 Å². The summed E-state index contributed by atoms with van der Waals surface area (Å²) in [6, 6.07) is -1.85. The highest BCUT2D eigenvalue weighted by atomic mass is 32.1. The number of methoxy groups -OCH3 is 2. The van der Waals surface area contributed by atoms with E-state index in [0.29, 0.717) is 24.7 Å². The Kier molecular flexibility index (Phi) is 10.7. The van der Waals surface area contributed by atoms with E-state index in [0.717, 1.165) is 68.1 Å². The molecule has 8 rings (SSSR count). The van der Waals surface area contributed by atoms with Crippen LogP contribution in [0.5, 0.6) is 0 Å². The first-order valence-corrected chi connectivity index (χ1v) is 20.9. The fourth-order valence-corrected chi connectivity index (χ4v) is 9.60. The molecule has 0 spiro atoms. The van der Waals surface area contributed by atoms with Crippen LogP contribution in [0.15, 0.2) is 37.2 Å². The third-order valence-corrected chi connectivity index (χ3v) is 12.8. The molecular weight excluding hydrogens is 785 g/mol. The summed E-state index contributed by atoms with van der Waals surface area (Å²) in [6.45, 7) is 8.75. The van der Waals surface area contributed by atoms with Gasteiger partial charge in [0.25, 0.3) is 0 Å². The molecule has 18 nitrogen and oxygen atoms in total. The molecule has 20 heteroatoms. The molecule has 0 saturated carbocycles. The van der Waals surface area contributed by atoms with Crippen LogP contribution in [-0.4, -0.2) is 112 Å². The van der Waals surface area contributed by atoms with Crippen molar-refractivity contribution in [2.75, 3.05) is 27.3 Å². The Bertz CT molecular complexity index is 2240. The second-order valence-electron chi connectivity index (χ2n) is 15.3. The number of rotatable bonds is 11. The maximum atomic E-state index is 13.6. The molecule has 4 atom stereocenters. The van der Waals surface area contributed by atoms with Crippen LogP contribution >= 0.6 is 22.7 Å². The van der Waals surface area contributed by atoms with Crippen molar-refractivity contribution in [2.45, 2.75) is 77.5 Å². The van der Waals surface area contributed by atoms with Gasteiger partial charge < -0.3 is 39.9 Å². The van der Waals surface area contributed by atoms with Gasteiger partial charge in [-0.1, -0.05) is 50.4 Å². The van der Waals surface area contributed by atoms with Gasteiger partial charge >= 0.3 is 12.2 Å². The molecule has 6 aromatic rings. The molecule has 0 aromatic carbocycles. The van der Waals surface area contributed by atoms with Gasteiger partial charge in [0.2, 0.25) is 11.8 Å². The Morgan fingerprint density at radius 2 is 1.10 bits per heavy atom. The molecule has 0 radical (unpaired) electrons. The summed E-state index contributed by atoms with van der Waals surface area (Å²) in [4.78, 5) is 84.1. The summed E-state index contributed by atoms with van der Waals surface area (Å²) in [5, 5.41) is 5.38. The third-order valence-electron chi connectivity index (χ3n) is 10.8. The number of nitrogens with one attached hydrogen (secondary N) is 4. The topological polar surface area (TPSA) is 209 Å². The third kappa shape index (κ3) is 7.41. The molecule has 6 aromatic heterocycles. The fourth-order valence-electron chi connectivity index (χ4n) is 7.74. The highest BCUT2D eigenvalue weighted by molar-refractivity contribution is 7.20. The Balaban J connectivity index is 0.943. The van der Waals surface area contributed by atoms with Crippen molar-refractivity contribution in [3.05, 3.63) is 48.8 Å². The van der Waals surface area contributed by atoms with Crippen molar-refractivity contribution in [3.8, 4) is 32.5 Å². The van der Waals surface area contributed by atoms with Crippen LogP contribution in [0.4, 0.5) is 9.59 Å². The number of amides is 4. The van der Waals surface area contributed by atoms with Gasteiger partial charge in [0.15, 0.2) is 9.92 Å². The molecule has 2 aliphatic heterocycles. The lowest BCUT2D eigenvalue weighted by Crippen LogP contribution is -2.51. The van der Waals surface area contributed by atoms with Crippen LogP contribution in [0.3, 0.4) is 0 Å². The number of hydrogen-bond donors (Lipinski definition) is 4. The quantitative estimate of drug-likeness (QED) is 0.126. The number of imidazole rings is 4. The van der Waals surface area contributed by atoms with E-state index >= 15 is 0 Å². The fraction of sp³-hybridized carbons (Fsp3) is 0.474. The summed E-state index contributed by atoms with van der Waals surface area (Å²) < 4.78 is 13.5. The molecule has 2 aliphatic rings. The average Bonchev–Trinajstić information content (AvgIpc) is 4.02. The standard InChI is InChI=1S/C38H46N12O6S2/c1-19(2)29(45-37(53)55-5)33(51)49-11-7-9-25(49)31-39-13-21(41-31)27-17-47-15-23(43-35(47)57-27)24-16-48-18-28(58-36(48)44-24)22-14-40-32(42-22)26-10-8-12-50(26)34(52)30(20(3)4)46-38(54)56-6/h13-20,25-26,29-30H,7-12H2,1-6H3,(H,39,41)(H,40,42)(H,45,53)(H,46,54)/t25-,26?,29-,30-/m0/s1. The van der Waals surface area contributed by atoms with Crippen LogP contribution < -0.4 is 10.6 Å². The first-order valence-electron chi connectivity index (χ1n) is 19.3. The molecule has 0 aliphatic carbocycles. The number of ether oxygens (including phenoxy) is 2. The maximum absolute atomic E-state index is 13.6. The minimum atomic E-state index is -0.698. The molecule has 2 fully saturated rings. The van der Waals surface area contributed by atoms with Crippen LogP contribution in [0, 0.1) is 11.8 Å². The Morgan fingerprint density at radius 1 is 0.690 bits per heavy atom. The van der Waals surface area contributed by atoms with Gasteiger partial charge in [0.1, 0.15) is 35.1 Å². The zero-order valence-corrected chi connectivity index (χ0v) is 34.6. The summed E-state index contributed by atoms with van der Waals surface area (Å²) in [6.07, 6.45) is 13.4. The smallest absolute Gasteiger partial charge is 0.407 e. The van der Waals surface area contributed by atoms with Crippen LogP contribution in [0.25, 0.3) is 42.5 Å². The second-order valence-corrected chi connectivity index (χ2v) is 17.3. The van der Waals surface area contributed by atoms with Crippen molar-refractivity contribution in [2.24, 2.45) is 11.8 Å². The number of hydrogen-bond acceptors (Lipinski definition) is 12. The number of H-pyrrole nitrogens is 2. The van der Waals surface area contributed by atoms with E-state index in [-0.39, 0.29) is 35.7 Å². The number of alkyl carbamates (subject to hydrolysis) is 2. The second kappa shape index (κ2) is 15.9. The van der Waals surface area contributed by atoms with Gasteiger partial charge in [0.05, 0.1) is 59.8 Å². The van der Waals surface area contributed by atoms with E-state index in [1.807, 2.05) is 61.3 Å². The monoisotopic (exact) mass is 830 g/mol. The summed E-state index contributed by atoms with van der Waals surface area (Å²) in [7, 11) is 2.57. The van der Waals surface area contributed by atoms with Crippen molar-refractivity contribution < 1.29 is 28.7 Å².